The molecule has 2 aromatic rings. The minimum atomic E-state index is -0.146. The molecule has 1 atom stereocenters. The SMILES string of the molecule is Cc1cnc(C(=O)N2CCCC2Cn2nc(C(C)(C)C)ccc2=O)cn1. The highest BCUT2D eigenvalue weighted by Gasteiger charge is 2.31. The van der Waals surface area contributed by atoms with Gasteiger partial charge in [0.1, 0.15) is 5.69 Å². The molecule has 2 aromatic heterocycles. The van der Waals surface area contributed by atoms with Crippen LogP contribution in [-0.4, -0.2) is 43.1 Å². The third kappa shape index (κ3) is 3.81. The van der Waals surface area contributed by atoms with Crippen LogP contribution in [0.2, 0.25) is 0 Å². The smallest absolute Gasteiger partial charge is 0.274 e. The second-order valence-electron chi connectivity index (χ2n) is 7.83. The molecular weight excluding hydrogens is 330 g/mol. The number of aryl methyl sites for hydroxylation is 1. The van der Waals surface area contributed by atoms with Crippen LogP contribution >= 0.6 is 0 Å². The van der Waals surface area contributed by atoms with E-state index in [1.54, 1.807) is 23.2 Å². The second kappa shape index (κ2) is 6.97. The molecular formula is C19H25N5O2. The van der Waals surface area contributed by atoms with Crippen molar-refractivity contribution in [2.45, 2.75) is 58.5 Å². The Kier molecular flexibility index (Phi) is 4.89. The van der Waals surface area contributed by atoms with Gasteiger partial charge in [-0.25, -0.2) is 9.67 Å². The maximum atomic E-state index is 12.8. The minimum absolute atomic E-state index is 0.0639. The van der Waals surface area contributed by atoms with Crippen LogP contribution in [0, 0.1) is 6.92 Å². The normalized spacial score (nSPS) is 17.5. The van der Waals surface area contributed by atoms with Crippen molar-refractivity contribution in [2.24, 2.45) is 0 Å². The van der Waals surface area contributed by atoms with Crippen molar-refractivity contribution in [3.8, 4) is 0 Å². The molecule has 0 bridgehead atoms. The summed E-state index contributed by atoms with van der Waals surface area (Å²) in [5.41, 5.74) is 1.68. The van der Waals surface area contributed by atoms with Gasteiger partial charge in [-0.2, -0.15) is 5.10 Å². The van der Waals surface area contributed by atoms with Crippen LogP contribution in [0.25, 0.3) is 0 Å². The molecule has 7 nitrogen and oxygen atoms in total. The predicted octanol–water partition coefficient (Wildman–Crippen LogP) is 1.94. The van der Waals surface area contributed by atoms with Crippen LogP contribution in [0.5, 0.6) is 0 Å². The molecule has 26 heavy (non-hydrogen) atoms. The number of carbonyl (C=O) groups excluding carboxylic acids is 1. The van der Waals surface area contributed by atoms with Crippen molar-refractivity contribution in [3.63, 3.8) is 0 Å². The zero-order valence-corrected chi connectivity index (χ0v) is 15.8. The van der Waals surface area contributed by atoms with E-state index >= 15 is 0 Å². The van der Waals surface area contributed by atoms with Crippen LogP contribution < -0.4 is 5.56 Å². The summed E-state index contributed by atoms with van der Waals surface area (Å²) >= 11 is 0. The highest BCUT2D eigenvalue weighted by Crippen LogP contribution is 2.22. The lowest BCUT2D eigenvalue weighted by Crippen LogP contribution is -2.41. The maximum absolute atomic E-state index is 12.8. The average Bonchev–Trinajstić information content (AvgIpc) is 3.04. The van der Waals surface area contributed by atoms with Crippen molar-refractivity contribution in [3.05, 3.63) is 52.0 Å². The molecule has 0 radical (unpaired) electrons. The predicted molar refractivity (Wildman–Crippen MR) is 98.0 cm³/mol. The molecule has 0 saturated carbocycles. The fraction of sp³-hybridized carbons (Fsp3) is 0.526. The van der Waals surface area contributed by atoms with E-state index in [4.69, 9.17) is 0 Å². The number of rotatable bonds is 3. The Morgan fingerprint density at radius 1 is 1.23 bits per heavy atom. The van der Waals surface area contributed by atoms with Gasteiger partial charge in [-0.05, 0) is 25.8 Å². The molecule has 1 amide bonds. The van der Waals surface area contributed by atoms with Gasteiger partial charge in [-0.1, -0.05) is 20.8 Å². The number of carbonyl (C=O) groups is 1. The third-order valence-corrected chi connectivity index (χ3v) is 4.66. The molecule has 1 aliphatic heterocycles. The van der Waals surface area contributed by atoms with Crippen LogP contribution in [0.1, 0.15) is 55.5 Å². The Morgan fingerprint density at radius 2 is 2.00 bits per heavy atom. The quantitative estimate of drug-likeness (QED) is 0.840. The topological polar surface area (TPSA) is 81.0 Å². The van der Waals surface area contributed by atoms with Crippen LogP contribution in [0.4, 0.5) is 0 Å². The van der Waals surface area contributed by atoms with E-state index in [-0.39, 0.29) is 22.9 Å². The Bertz CT molecular complexity index is 851. The van der Waals surface area contributed by atoms with Gasteiger partial charge in [-0.3, -0.25) is 14.6 Å². The van der Waals surface area contributed by atoms with Crippen LogP contribution in [0.15, 0.2) is 29.3 Å². The molecule has 1 aliphatic rings. The van der Waals surface area contributed by atoms with E-state index in [1.807, 2.05) is 6.92 Å². The van der Waals surface area contributed by atoms with E-state index in [1.165, 1.54) is 10.9 Å². The third-order valence-electron chi connectivity index (χ3n) is 4.66. The van der Waals surface area contributed by atoms with Gasteiger partial charge in [0.15, 0.2) is 0 Å². The highest BCUT2D eigenvalue weighted by atomic mass is 16.2. The van der Waals surface area contributed by atoms with Gasteiger partial charge >= 0.3 is 0 Å². The average molecular weight is 355 g/mol. The summed E-state index contributed by atoms with van der Waals surface area (Å²) in [4.78, 5) is 35.2. The molecule has 0 spiro atoms. The summed E-state index contributed by atoms with van der Waals surface area (Å²) in [6.07, 6.45) is 4.86. The zero-order valence-electron chi connectivity index (χ0n) is 15.8. The van der Waals surface area contributed by atoms with E-state index in [0.717, 1.165) is 24.2 Å². The van der Waals surface area contributed by atoms with Crippen molar-refractivity contribution in [1.29, 1.82) is 0 Å². The standard InChI is InChI=1S/C19H25N5O2/c1-13-10-21-15(11-20-13)18(26)23-9-5-6-14(23)12-24-17(25)8-7-16(22-24)19(2,3)4/h7-8,10-11,14H,5-6,9,12H2,1-4H3. The molecule has 3 heterocycles. The molecule has 7 heteroatoms. The number of hydrogen-bond acceptors (Lipinski definition) is 5. The highest BCUT2D eigenvalue weighted by molar-refractivity contribution is 5.92. The van der Waals surface area contributed by atoms with Crippen molar-refractivity contribution < 1.29 is 4.79 Å². The first kappa shape index (κ1) is 18.2. The minimum Gasteiger partial charge on any atom is -0.332 e. The van der Waals surface area contributed by atoms with E-state index in [0.29, 0.717) is 18.8 Å². The zero-order chi connectivity index (χ0) is 18.9. The molecule has 0 aromatic carbocycles. The fourth-order valence-corrected chi connectivity index (χ4v) is 3.12. The number of hydrogen-bond donors (Lipinski definition) is 0. The first-order chi connectivity index (χ1) is 12.3. The fourth-order valence-electron chi connectivity index (χ4n) is 3.12. The molecule has 3 rings (SSSR count). The van der Waals surface area contributed by atoms with Crippen LogP contribution in [0.3, 0.4) is 0 Å². The molecule has 1 fully saturated rings. The Hall–Kier alpha value is -2.57. The summed E-state index contributed by atoms with van der Waals surface area (Å²) in [5.74, 6) is -0.139. The summed E-state index contributed by atoms with van der Waals surface area (Å²) < 4.78 is 1.48. The number of nitrogens with zero attached hydrogens (tertiary/aromatic N) is 5. The summed E-state index contributed by atoms with van der Waals surface area (Å²) in [6, 6.07) is 3.27. The lowest BCUT2D eigenvalue weighted by molar-refractivity contribution is 0.0713. The van der Waals surface area contributed by atoms with Crippen LogP contribution in [-0.2, 0) is 12.0 Å². The first-order valence-corrected chi connectivity index (χ1v) is 8.94. The van der Waals surface area contributed by atoms with Crippen molar-refractivity contribution >= 4 is 5.91 Å². The van der Waals surface area contributed by atoms with Crippen molar-refractivity contribution in [2.75, 3.05) is 6.54 Å². The lowest BCUT2D eigenvalue weighted by Gasteiger charge is -2.25. The van der Waals surface area contributed by atoms with Gasteiger partial charge in [0.25, 0.3) is 11.5 Å². The van der Waals surface area contributed by atoms with Gasteiger partial charge in [0.2, 0.25) is 0 Å². The Morgan fingerprint density at radius 3 is 2.65 bits per heavy atom. The summed E-state index contributed by atoms with van der Waals surface area (Å²) in [5, 5.41) is 4.52. The monoisotopic (exact) mass is 355 g/mol. The Labute approximate surface area is 153 Å². The van der Waals surface area contributed by atoms with E-state index < -0.39 is 0 Å². The van der Waals surface area contributed by atoms with Gasteiger partial charge in [0, 0.05) is 24.2 Å². The van der Waals surface area contributed by atoms with E-state index in [2.05, 4.69) is 35.8 Å². The van der Waals surface area contributed by atoms with Gasteiger partial charge in [0.05, 0.1) is 30.2 Å². The van der Waals surface area contributed by atoms with Gasteiger partial charge in [-0.15, -0.1) is 0 Å². The lowest BCUT2D eigenvalue weighted by atomic mass is 9.92. The van der Waals surface area contributed by atoms with Crippen molar-refractivity contribution in [1.82, 2.24) is 24.6 Å². The maximum Gasteiger partial charge on any atom is 0.274 e. The second-order valence-corrected chi connectivity index (χ2v) is 7.83. The largest absolute Gasteiger partial charge is 0.332 e. The molecule has 1 unspecified atom stereocenters. The van der Waals surface area contributed by atoms with Gasteiger partial charge < -0.3 is 4.90 Å². The molecule has 0 aliphatic carbocycles. The summed E-state index contributed by atoms with van der Waals surface area (Å²) in [6.45, 7) is 9.07. The molecule has 1 saturated heterocycles. The van der Waals surface area contributed by atoms with E-state index in [9.17, 15) is 9.59 Å². The molecule has 0 N–H and O–H groups in total. The number of aromatic nitrogens is 4. The number of likely N-dealkylation sites (tertiary alicyclic amines) is 1. The number of amides is 1. The summed E-state index contributed by atoms with van der Waals surface area (Å²) in [7, 11) is 0. The first-order valence-electron chi connectivity index (χ1n) is 8.94. The Balaban J connectivity index is 1.82. The molecule has 138 valence electrons.